The monoisotopic (exact) mass is 299 g/mol. The van der Waals surface area contributed by atoms with Crippen LogP contribution < -0.4 is 10.4 Å². The van der Waals surface area contributed by atoms with Crippen LogP contribution in [0.2, 0.25) is 0 Å². The normalized spacial score (nSPS) is 10.5. The van der Waals surface area contributed by atoms with Gasteiger partial charge in [-0.25, -0.2) is 14.5 Å². The summed E-state index contributed by atoms with van der Waals surface area (Å²) in [5, 5.41) is 5.05. The first-order chi connectivity index (χ1) is 10.2. The molecule has 3 rings (SSSR count). The van der Waals surface area contributed by atoms with Crippen LogP contribution in [0.25, 0.3) is 5.69 Å². The van der Waals surface area contributed by atoms with E-state index in [0.29, 0.717) is 17.1 Å². The van der Waals surface area contributed by atoms with E-state index in [9.17, 15) is 4.79 Å². The highest BCUT2D eigenvalue weighted by molar-refractivity contribution is 7.71. The zero-order chi connectivity index (χ0) is 14.7. The minimum Gasteiger partial charge on any atom is -0.489 e. The Morgan fingerprint density at radius 2 is 1.71 bits per heavy atom. The molecule has 0 saturated heterocycles. The largest absolute Gasteiger partial charge is 0.489 e. The van der Waals surface area contributed by atoms with E-state index in [0.717, 1.165) is 11.3 Å². The van der Waals surface area contributed by atoms with Crippen molar-refractivity contribution in [1.29, 1.82) is 0 Å². The number of hydrogen-bond acceptors (Lipinski definition) is 3. The molecular formula is C15H13N3O2S. The lowest BCUT2D eigenvalue weighted by Crippen LogP contribution is -2.14. The summed E-state index contributed by atoms with van der Waals surface area (Å²) in [5.74, 6) is 0.737. The van der Waals surface area contributed by atoms with E-state index < -0.39 is 0 Å². The number of rotatable bonds is 4. The lowest BCUT2D eigenvalue weighted by Gasteiger charge is -2.07. The second-order valence-corrected chi connectivity index (χ2v) is 4.85. The average molecular weight is 299 g/mol. The summed E-state index contributed by atoms with van der Waals surface area (Å²) in [4.78, 5) is 11.6. The van der Waals surface area contributed by atoms with E-state index in [2.05, 4.69) is 10.2 Å². The molecule has 0 unspecified atom stereocenters. The molecule has 3 aromatic rings. The molecule has 0 atom stereocenters. The molecule has 0 aliphatic carbocycles. The van der Waals surface area contributed by atoms with Gasteiger partial charge in [0.1, 0.15) is 12.4 Å². The van der Waals surface area contributed by atoms with Gasteiger partial charge >= 0.3 is 5.69 Å². The van der Waals surface area contributed by atoms with E-state index in [1.807, 2.05) is 42.5 Å². The summed E-state index contributed by atoms with van der Waals surface area (Å²) in [6.07, 6.45) is 0. The zero-order valence-corrected chi connectivity index (χ0v) is 11.9. The lowest BCUT2D eigenvalue weighted by atomic mass is 10.2. The molecular weight excluding hydrogens is 286 g/mol. The maximum atomic E-state index is 11.6. The van der Waals surface area contributed by atoms with Crippen LogP contribution in [0.4, 0.5) is 0 Å². The molecule has 5 nitrogen and oxygen atoms in total. The summed E-state index contributed by atoms with van der Waals surface area (Å²) in [6.45, 7) is 0.504. The Balaban J connectivity index is 1.76. The van der Waals surface area contributed by atoms with Crippen molar-refractivity contribution < 1.29 is 4.74 Å². The smallest absolute Gasteiger partial charge is 0.347 e. The lowest BCUT2D eigenvalue weighted by molar-refractivity contribution is 0.306. The van der Waals surface area contributed by atoms with Gasteiger partial charge in [0.15, 0.2) is 0 Å². The molecule has 0 bridgehead atoms. The van der Waals surface area contributed by atoms with Crippen LogP contribution in [-0.4, -0.2) is 14.8 Å². The van der Waals surface area contributed by atoms with Crippen LogP contribution in [-0.2, 0) is 6.61 Å². The summed E-state index contributed by atoms with van der Waals surface area (Å²) < 4.78 is 7.41. The molecule has 6 heteroatoms. The second kappa shape index (κ2) is 5.80. The van der Waals surface area contributed by atoms with Crippen LogP contribution in [0.3, 0.4) is 0 Å². The Hall–Kier alpha value is -2.60. The third-order valence-corrected chi connectivity index (χ3v) is 3.31. The number of ether oxygens (including phenoxy) is 1. The molecule has 0 aliphatic heterocycles. The maximum Gasteiger partial charge on any atom is 0.347 e. The highest BCUT2D eigenvalue weighted by Gasteiger charge is 2.03. The molecule has 1 aromatic heterocycles. The van der Waals surface area contributed by atoms with Gasteiger partial charge in [-0.1, -0.05) is 30.3 Å². The van der Waals surface area contributed by atoms with Crippen molar-refractivity contribution in [2.75, 3.05) is 0 Å². The molecule has 106 valence electrons. The van der Waals surface area contributed by atoms with E-state index in [-0.39, 0.29) is 5.69 Å². The van der Waals surface area contributed by atoms with Gasteiger partial charge in [0.2, 0.25) is 4.77 Å². The molecule has 0 fully saturated rings. The summed E-state index contributed by atoms with van der Waals surface area (Å²) in [5.41, 5.74) is 1.50. The third kappa shape index (κ3) is 2.95. The Kier molecular flexibility index (Phi) is 3.70. The van der Waals surface area contributed by atoms with Crippen LogP contribution in [0.5, 0.6) is 5.75 Å². The first-order valence-electron chi connectivity index (χ1n) is 6.41. The Labute approximate surface area is 125 Å². The van der Waals surface area contributed by atoms with Crippen LogP contribution in [0.1, 0.15) is 5.56 Å². The quantitative estimate of drug-likeness (QED) is 0.728. The van der Waals surface area contributed by atoms with E-state index in [1.54, 1.807) is 12.1 Å². The number of aromatic amines is 2. The maximum absolute atomic E-state index is 11.6. The van der Waals surface area contributed by atoms with Gasteiger partial charge in [0.05, 0.1) is 5.69 Å². The topological polar surface area (TPSA) is 62.8 Å². The number of nitrogens with zero attached hydrogens (tertiary/aromatic N) is 1. The zero-order valence-electron chi connectivity index (χ0n) is 11.1. The van der Waals surface area contributed by atoms with Crippen LogP contribution >= 0.6 is 12.2 Å². The molecule has 0 radical (unpaired) electrons. The van der Waals surface area contributed by atoms with Crippen LogP contribution in [0.15, 0.2) is 59.4 Å². The number of nitrogens with one attached hydrogen (secondary N) is 2. The standard InChI is InChI=1S/C15H13N3O2S/c19-14-16-17-15(21)18(14)12-6-8-13(9-7-12)20-10-11-4-2-1-3-5-11/h1-9H,10H2,(H,16,19)(H,17,21). The fourth-order valence-electron chi connectivity index (χ4n) is 1.98. The third-order valence-electron chi connectivity index (χ3n) is 3.03. The van der Waals surface area contributed by atoms with Crippen molar-refractivity contribution in [2.24, 2.45) is 0 Å². The van der Waals surface area contributed by atoms with Gasteiger partial charge in [0.25, 0.3) is 0 Å². The van der Waals surface area contributed by atoms with Crippen LogP contribution in [0, 0.1) is 4.77 Å². The highest BCUT2D eigenvalue weighted by atomic mass is 32.1. The molecule has 2 N–H and O–H groups in total. The molecule has 21 heavy (non-hydrogen) atoms. The summed E-state index contributed by atoms with van der Waals surface area (Å²) >= 11 is 5.05. The Morgan fingerprint density at radius 1 is 1.00 bits per heavy atom. The fourth-order valence-corrected chi connectivity index (χ4v) is 2.22. The van der Waals surface area contributed by atoms with Gasteiger partial charge in [-0.15, -0.1) is 0 Å². The summed E-state index contributed by atoms with van der Waals surface area (Å²) in [7, 11) is 0. The first kappa shape index (κ1) is 13.4. The SMILES string of the molecule is O=c1[nH][nH]c(=S)n1-c1ccc(OCc2ccccc2)cc1. The molecule has 0 saturated carbocycles. The van der Waals surface area contributed by atoms with Crippen molar-refractivity contribution >= 4 is 12.2 Å². The summed E-state index contributed by atoms with van der Waals surface area (Å²) in [6, 6.07) is 17.1. The van der Waals surface area contributed by atoms with Gasteiger partial charge in [-0.3, -0.25) is 5.10 Å². The predicted octanol–water partition coefficient (Wildman–Crippen LogP) is 2.80. The van der Waals surface area contributed by atoms with Crippen molar-refractivity contribution in [3.05, 3.63) is 75.4 Å². The number of aromatic nitrogens is 3. The number of benzene rings is 2. The Morgan fingerprint density at radius 3 is 2.33 bits per heavy atom. The van der Waals surface area contributed by atoms with Crippen molar-refractivity contribution in [3.8, 4) is 11.4 Å². The van der Waals surface area contributed by atoms with E-state index in [1.165, 1.54) is 4.57 Å². The van der Waals surface area contributed by atoms with Crippen molar-refractivity contribution in [1.82, 2.24) is 14.8 Å². The first-order valence-corrected chi connectivity index (χ1v) is 6.82. The number of hydrogen-bond donors (Lipinski definition) is 2. The van der Waals surface area contributed by atoms with Crippen molar-refractivity contribution in [2.45, 2.75) is 6.61 Å². The number of H-pyrrole nitrogens is 2. The average Bonchev–Trinajstić information content (AvgIpc) is 2.86. The van der Waals surface area contributed by atoms with Gasteiger partial charge in [-0.05, 0) is 42.0 Å². The molecule has 2 aromatic carbocycles. The van der Waals surface area contributed by atoms with Gasteiger partial charge in [-0.2, -0.15) is 0 Å². The minimum absolute atomic E-state index is 0.294. The second-order valence-electron chi connectivity index (χ2n) is 4.46. The predicted molar refractivity (Wildman–Crippen MR) is 82.3 cm³/mol. The van der Waals surface area contributed by atoms with Gasteiger partial charge in [0, 0.05) is 0 Å². The fraction of sp³-hybridized carbons (Fsp3) is 0.0667. The van der Waals surface area contributed by atoms with E-state index >= 15 is 0 Å². The minimum atomic E-state index is -0.294. The molecule has 0 aliphatic rings. The van der Waals surface area contributed by atoms with E-state index in [4.69, 9.17) is 17.0 Å². The highest BCUT2D eigenvalue weighted by Crippen LogP contribution is 2.16. The molecule has 0 spiro atoms. The molecule has 1 heterocycles. The Bertz CT molecular complexity index is 804. The van der Waals surface area contributed by atoms with Crippen molar-refractivity contribution in [3.63, 3.8) is 0 Å². The van der Waals surface area contributed by atoms with Gasteiger partial charge < -0.3 is 4.74 Å². The molecule has 0 amide bonds.